The summed E-state index contributed by atoms with van der Waals surface area (Å²) < 4.78 is 25.4. The second kappa shape index (κ2) is 6.02. The van der Waals surface area contributed by atoms with E-state index in [1.165, 1.54) is 6.20 Å². The van der Waals surface area contributed by atoms with Crippen LogP contribution in [0.5, 0.6) is 0 Å². The van der Waals surface area contributed by atoms with Crippen molar-refractivity contribution in [3.63, 3.8) is 0 Å². The lowest BCUT2D eigenvalue weighted by atomic mass is 10.2. The number of H-pyrrole nitrogens is 2. The maximum absolute atomic E-state index is 12.7. The second-order valence-corrected chi connectivity index (χ2v) is 7.97. The van der Waals surface area contributed by atoms with Gasteiger partial charge in [-0.15, -0.1) is 0 Å². The van der Waals surface area contributed by atoms with Gasteiger partial charge in [-0.1, -0.05) is 29.8 Å². The van der Waals surface area contributed by atoms with Crippen molar-refractivity contribution in [3.05, 3.63) is 65.4 Å². The lowest BCUT2D eigenvalue weighted by Crippen LogP contribution is -2.04. The predicted molar refractivity (Wildman–Crippen MR) is 96.0 cm³/mol. The Morgan fingerprint density at radius 3 is 2.80 bits per heavy atom. The monoisotopic (exact) mass is 372 g/mol. The van der Waals surface area contributed by atoms with Gasteiger partial charge in [0.1, 0.15) is 0 Å². The van der Waals surface area contributed by atoms with Crippen molar-refractivity contribution < 1.29 is 8.42 Å². The van der Waals surface area contributed by atoms with E-state index < -0.39 is 9.84 Å². The Bertz CT molecular complexity index is 1160. The number of hydrogen-bond donors (Lipinski definition) is 2. The number of rotatable bonds is 4. The highest BCUT2D eigenvalue weighted by atomic mass is 35.5. The van der Waals surface area contributed by atoms with Gasteiger partial charge in [-0.25, -0.2) is 13.4 Å². The first-order chi connectivity index (χ1) is 12.0. The molecule has 4 rings (SSSR count). The number of fused-ring (bicyclic) bond motifs is 1. The van der Waals surface area contributed by atoms with Gasteiger partial charge in [0.15, 0.2) is 15.5 Å². The standard InChI is InChI=1S/C17H13ClN4O2S/c18-14-6-2-1-4-11(14)10-25(23,24)12-8-15(20-9-12)16-13-5-3-7-19-17(13)22-21-16/h1-9,20H,10H2,(H,19,21,22). The first-order valence-electron chi connectivity index (χ1n) is 7.49. The van der Waals surface area contributed by atoms with Gasteiger partial charge in [-0.3, -0.25) is 5.10 Å². The third-order valence-corrected chi connectivity index (χ3v) is 5.93. The highest BCUT2D eigenvalue weighted by molar-refractivity contribution is 7.90. The summed E-state index contributed by atoms with van der Waals surface area (Å²) in [6, 6.07) is 12.2. The van der Waals surface area contributed by atoms with E-state index in [1.54, 1.807) is 42.6 Å². The molecule has 0 bridgehead atoms. The first kappa shape index (κ1) is 15.9. The van der Waals surface area contributed by atoms with Gasteiger partial charge in [0.05, 0.1) is 22.0 Å². The Hall–Kier alpha value is -2.64. The second-order valence-electron chi connectivity index (χ2n) is 5.57. The lowest BCUT2D eigenvalue weighted by Gasteiger charge is -2.04. The fourth-order valence-electron chi connectivity index (χ4n) is 2.66. The minimum absolute atomic E-state index is 0.157. The molecule has 126 valence electrons. The molecule has 0 aliphatic heterocycles. The summed E-state index contributed by atoms with van der Waals surface area (Å²) in [7, 11) is -3.52. The van der Waals surface area contributed by atoms with E-state index in [1.807, 2.05) is 6.07 Å². The van der Waals surface area contributed by atoms with Crippen molar-refractivity contribution in [1.29, 1.82) is 0 Å². The zero-order valence-corrected chi connectivity index (χ0v) is 14.5. The number of aromatic amines is 2. The average molecular weight is 373 g/mol. The molecule has 4 aromatic rings. The van der Waals surface area contributed by atoms with Crippen molar-refractivity contribution in [2.24, 2.45) is 0 Å². The van der Waals surface area contributed by atoms with Crippen LogP contribution in [0.1, 0.15) is 5.56 Å². The normalized spacial score (nSPS) is 11.9. The number of nitrogens with one attached hydrogen (secondary N) is 2. The quantitative estimate of drug-likeness (QED) is 0.572. The molecular formula is C17H13ClN4O2S. The number of benzene rings is 1. The molecular weight excluding hydrogens is 360 g/mol. The van der Waals surface area contributed by atoms with E-state index in [9.17, 15) is 8.42 Å². The molecule has 3 aromatic heterocycles. The third kappa shape index (κ3) is 2.92. The fraction of sp³-hybridized carbons (Fsp3) is 0.0588. The summed E-state index contributed by atoms with van der Waals surface area (Å²) in [5.41, 5.74) is 2.48. The van der Waals surface area contributed by atoms with Gasteiger partial charge in [0.25, 0.3) is 0 Å². The third-order valence-electron chi connectivity index (χ3n) is 3.92. The zero-order valence-electron chi connectivity index (χ0n) is 12.9. The largest absolute Gasteiger partial charge is 0.359 e. The highest BCUT2D eigenvalue weighted by Crippen LogP contribution is 2.28. The first-order valence-corrected chi connectivity index (χ1v) is 9.52. The Kier molecular flexibility index (Phi) is 3.82. The van der Waals surface area contributed by atoms with Crippen LogP contribution in [0, 0.1) is 0 Å². The van der Waals surface area contributed by atoms with Crippen LogP contribution in [-0.4, -0.2) is 28.6 Å². The minimum atomic E-state index is -3.52. The smallest absolute Gasteiger partial charge is 0.184 e. The molecule has 0 atom stereocenters. The molecule has 0 unspecified atom stereocenters. The van der Waals surface area contributed by atoms with Crippen LogP contribution in [0.25, 0.3) is 22.4 Å². The minimum Gasteiger partial charge on any atom is -0.359 e. The van der Waals surface area contributed by atoms with Crippen LogP contribution in [0.2, 0.25) is 5.02 Å². The summed E-state index contributed by atoms with van der Waals surface area (Å²) in [4.78, 5) is 7.36. The molecule has 2 N–H and O–H groups in total. The van der Waals surface area contributed by atoms with E-state index in [-0.39, 0.29) is 10.6 Å². The van der Waals surface area contributed by atoms with E-state index >= 15 is 0 Å². The van der Waals surface area contributed by atoms with Gasteiger partial charge in [0.2, 0.25) is 0 Å². The van der Waals surface area contributed by atoms with Gasteiger partial charge < -0.3 is 4.98 Å². The Balaban J connectivity index is 1.70. The Labute approximate surface area is 148 Å². The molecule has 8 heteroatoms. The molecule has 0 aliphatic rings. The summed E-state index contributed by atoms with van der Waals surface area (Å²) in [5.74, 6) is -0.157. The van der Waals surface area contributed by atoms with Gasteiger partial charge >= 0.3 is 0 Å². The van der Waals surface area contributed by atoms with E-state index in [0.29, 0.717) is 27.6 Å². The Morgan fingerprint density at radius 2 is 1.96 bits per heavy atom. The maximum Gasteiger partial charge on any atom is 0.184 e. The summed E-state index contributed by atoms with van der Waals surface area (Å²) in [6.07, 6.45) is 3.13. The zero-order chi connectivity index (χ0) is 17.4. The molecule has 0 aliphatic carbocycles. The number of aromatic nitrogens is 4. The molecule has 0 amide bonds. The van der Waals surface area contributed by atoms with Crippen LogP contribution in [0.3, 0.4) is 0 Å². The van der Waals surface area contributed by atoms with Crippen molar-refractivity contribution in [1.82, 2.24) is 20.2 Å². The number of pyridine rings is 1. The number of hydrogen-bond acceptors (Lipinski definition) is 4. The number of sulfone groups is 1. The van der Waals surface area contributed by atoms with Crippen LogP contribution in [0.4, 0.5) is 0 Å². The van der Waals surface area contributed by atoms with Crippen molar-refractivity contribution in [2.45, 2.75) is 10.6 Å². The topological polar surface area (TPSA) is 91.5 Å². The number of halogens is 1. The average Bonchev–Trinajstić information content (AvgIpc) is 3.23. The maximum atomic E-state index is 12.7. The lowest BCUT2D eigenvalue weighted by molar-refractivity contribution is 0.595. The van der Waals surface area contributed by atoms with Crippen LogP contribution < -0.4 is 0 Å². The summed E-state index contributed by atoms with van der Waals surface area (Å²) in [6.45, 7) is 0. The molecule has 3 heterocycles. The van der Waals surface area contributed by atoms with E-state index in [0.717, 1.165) is 5.39 Å². The fourth-order valence-corrected chi connectivity index (χ4v) is 4.30. The molecule has 0 saturated carbocycles. The van der Waals surface area contributed by atoms with Gasteiger partial charge in [0, 0.05) is 22.8 Å². The molecule has 1 aromatic carbocycles. The molecule has 6 nitrogen and oxygen atoms in total. The Morgan fingerprint density at radius 1 is 1.12 bits per heavy atom. The predicted octanol–water partition coefficient (Wildman–Crippen LogP) is 3.58. The molecule has 0 spiro atoms. The van der Waals surface area contributed by atoms with Gasteiger partial charge in [-0.2, -0.15) is 5.10 Å². The molecule has 25 heavy (non-hydrogen) atoms. The van der Waals surface area contributed by atoms with Crippen LogP contribution >= 0.6 is 11.6 Å². The van der Waals surface area contributed by atoms with Crippen LogP contribution in [0.15, 0.2) is 59.8 Å². The number of nitrogens with zero attached hydrogens (tertiary/aromatic N) is 2. The SMILES string of the molecule is O=S(=O)(Cc1ccccc1Cl)c1c[nH]c(-c2[nH]nc3ncccc23)c1. The van der Waals surface area contributed by atoms with Crippen molar-refractivity contribution >= 4 is 32.5 Å². The van der Waals surface area contributed by atoms with Gasteiger partial charge in [-0.05, 0) is 29.8 Å². The molecule has 0 radical (unpaired) electrons. The summed E-state index contributed by atoms with van der Waals surface area (Å²) in [5, 5.41) is 8.27. The highest BCUT2D eigenvalue weighted by Gasteiger charge is 2.20. The van der Waals surface area contributed by atoms with E-state index in [2.05, 4.69) is 20.2 Å². The van der Waals surface area contributed by atoms with Crippen molar-refractivity contribution in [3.8, 4) is 11.4 Å². The van der Waals surface area contributed by atoms with Crippen LogP contribution in [-0.2, 0) is 15.6 Å². The molecule has 0 saturated heterocycles. The summed E-state index contributed by atoms with van der Waals surface area (Å²) >= 11 is 6.08. The van der Waals surface area contributed by atoms with E-state index in [4.69, 9.17) is 11.6 Å². The van der Waals surface area contributed by atoms with Crippen molar-refractivity contribution in [2.75, 3.05) is 0 Å². The molecule has 0 fully saturated rings.